The zero-order valence-corrected chi connectivity index (χ0v) is 13.5. The minimum atomic E-state index is 0.206. The van der Waals surface area contributed by atoms with Crippen LogP contribution in [-0.2, 0) is 10.2 Å². The van der Waals surface area contributed by atoms with Crippen LogP contribution in [0.4, 0.5) is 5.69 Å². The third kappa shape index (κ3) is 2.12. The van der Waals surface area contributed by atoms with Crippen molar-refractivity contribution < 1.29 is 4.74 Å². The highest BCUT2D eigenvalue weighted by molar-refractivity contribution is 5.74. The molecule has 2 aromatic rings. The van der Waals surface area contributed by atoms with Gasteiger partial charge in [-0.05, 0) is 41.8 Å². The van der Waals surface area contributed by atoms with Gasteiger partial charge in [0.25, 0.3) is 0 Å². The highest BCUT2D eigenvalue weighted by Gasteiger charge is 2.40. The molecule has 0 aliphatic carbocycles. The van der Waals surface area contributed by atoms with Crippen LogP contribution in [0.3, 0.4) is 0 Å². The zero-order valence-electron chi connectivity index (χ0n) is 13.5. The van der Waals surface area contributed by atoms with Gasteiger partial charge in [-0.15, -0.1) is 0 Å². The van der Waals surface area contributed by atoms with Crippen molar-refractivity contribution in [2.45, 2.75) is 32.2 Å². The summed E-state index contributed by atoms with van der Waals surface area (Å²) in [4.78, 5) is 6.84. The van der Waals surface area contributed by atoms with Gasteiger partial charge in [-0.1, -0.05) is 26.0 Å². The molecular weight excluding hydrogens is 272 g/mol. The largest absolute Gasteiger partial charge is 0.377 e. The summed E-state index contributed by atoms with van der Waals surface area (Å²) in [6.45, 7) is 9.50. The van der Waals surface area contributed by atoms with Gasteiger partial charge in [-0.2, -0.15) is 0 Å². The quantitative estimate of drug-likeness (QED) is 0.847. The number of benzene rings is 1. The Bertz CT molecular complexity index is 719. The highest BCUT2D eigenvalue weighted by atomic mass is 16.5. The molecule has 0 bridgehead atoms. The average Bonchev–Trinajstić information content (AvgIpc) is 2.68. The molecule has 1 aromatic heterocycles. The predicted octanol–water partition coefficient (Wildman–Crippen LogP) is 3.55. The highest BCUT2D eigenvalue weighted by Crippen LogP contribution is 2.44. The summed E-state index contributed by atoms with van der Waals surface area (Å²) in [5, 5.41) is 0. The Morgan fingerprint density at radius 2 is 1.91 bits per heavy atom. The van der Waals surface area contributed by atoms with Gasteiger partial charge in [0.1, 0.15) is 0 Å². The molecule has 3 heteroatoms. The Labute approximate surface area is 131 Å². The van der Waals surface area contributed by atoms with Gasteiger partial charge in [0, 0.05) is 29.5 Å². The fourth-order valence-corrected chi connectivity index (χ4v) is 3.57. The SMILES string of the molecule is Cc1cc(-c2ccc3c(c2)N(C2COC2)CC3(C)C)ccn1. The van der Waals surface area contributed by atoms with Crippen molar-refractivity contribution in [1.82, 2.24) is 4.98 Å². The maximum Gasteiger partial charge on any atom is 0.0757 e. The fourth-order valence-electron chi connectivity index (χ4n) is 3.57. The van der Waals surface area contributed by atoms with Crippen LogP contribution in [0.25, 0.3) is 11.1 Å². The fraction of sp³-hybridized carbons (Fsp3) is 0.421. The van der Waals surface area contributed by atoms with Gasteiger partial charge in [0.15, 0.2) is 0 Å². The van der Waals surface area contributed by atoms with E-state index >= 15 is 0 Å². The number of fused-ring (bicyclic) bond motifs is 1. The van der Waals surface area contributed by atoms with E-state index in [1.54, 1.807) is 0 Å². The van der Waals surface area contributed by atoms with Crippen LogP contribution >= 0.6 is 0 Å². The number of nitrogens with zero attached hydrogens (tertiary/aromatic N) is 2. The van der Waals surface area contributed by atoms with Crippen molar-refractivity contribution in [3.05, 3.63) is 47.8 Å². The number of ether oxygens (including phenoxy) is 1. The summed E-state index contributed by atoms with van der Waals surface area (Å²) < 4.78 is 5.41. The molecule has 3 nitrogen and oxygen atoms in total. The molecule has 0 N–H and O–H groups in total. The summed E-state index contributed by atoms with van der Waals surface area (Å²) in [6.07, 6.45) is 1.89. The van der Waals surface area contributed by atoms with E-state index in [-0.39, 0.29) is 5.41 Å². The first kappa shape index (κ1) is 13.8. The molecule has 2 aliphatic rings. The summed E-state index contributed by atoms with van der Waals surface area (Å²) in [5.41, 5.74) is 6.61. The first-order chi connectivity index (χ1) is 10.5. The molecule has 1 fully saturated rings. The van der Waals surface area contributed by atoms with Gasteiger partial charge in [0.2, 0.25) is 0 Å². The van der Waals surface area contributed by atoms with E-state index in [1.165, 1.54) is 22.4 Å². The Balaban J connectivity index is 1.79. The van der Waals surface area contributed by atoms with Crippen LogP contribution in [0.1, 0.15) is 25.1 Å². The van der Waals surface area contributed by atoms with Gasteiger partial charge < -0.3 is 9.64 Å². The second kappa shape index (κ2) is 4.82. The lowest BCUT2D eigenvalue weighted by molar-refractivity contribution is 0.00800. The maximum atomic E-state index is 5.41. The summed E-state index contributed by atoms with van der Waals surface area (Å²) in [5.74, 6) is 0. The van der Waals surface area contributed by atoms with E-state index in [0.29, 0.717) is 6.04 Å². The topological polar surface area (TPSA) is 25.4 Å². The van der Waals surface area contributed by atoms with Crippen LogP contribution in [0.5, 0.6) is 0 Å². The van der Waals surface area contributed by atoms with Crippen LogP contribution in [0, 0.1) is 6.92 Å². The third-order valence-electron chi connectivity index (χ3n) is 4.89. The molecule has 0 amide bonds. The third-order valence-corrected chi connectivity index (χ3v) is 4.89. The number of hydrogen-bond acceptors (Lipinski definition) is 3. The molecule has 0 saturated carbocycles. The molecule has 3 heterocycles. The average molecular weight is 294 g/mol. The Morgan fingerprint density at radius 1 is 1.14 bits per heavy atom. The standard InChI is InChI=1S/C19H22N2O/c1-13-8-15(6-7-20-13)14-4-5-17-18(9-14)21(12-19(17,2)3)16-10-22-11-16/h4-9,16H,10-12H2,1-3H3. The number of aryl methyl sites for hydroxylation is 1. The van der Waals surface area contributed by atoms with E-state index in [2.05, 4.69) is 54.1 Å². The van der Waals surface area contributed by atoms with E-state index < -0.39 is 0 Å². The molecule has 0 atom stereocenters. The lowest BCUT2D eigenvalue weighted by Gasteiger charge is -2.37. The smallest absolute Gasteiger partial charge is 0.0757 e. The number of aromatic nitrogens is 1. The minimum Gasteiger partial charge on any atom is -0.377 e. The maximum absolute atomic E-state index is 5.41. The molecule has 1 saturated heterocycles. The number of anilines is 1. The number of rotatable bonds is 2. The van der Waals surface area contributed by atoms with E-state index in [4.69, 9.17) is 4.74 Å². The lowest BCUT2D eigenvalue weighted by Crippen LogP contribution is -2.49. The summed E-state index contributed by atoms with van der Waals surface area (Å²) in [7, 11) is 0. The van der Waals surface area contributed by atoms with Gasteiger partial charge in [0.05, 0.1) is 19.3 Å². The normalized spacial score (nSPS) is 19.9. The molecule has 0 unspecified atom stereocenters. The van der Waals surface area contributed by atoms with Crippen molar-refractivity contribution in [1.29, 1.82) is 0 Å². The zero-order chi connectivity index (χ0) is 15.3. The molecule has 22 heavy (non-hydrogen) atoms. The van der Waals surface area contributed by atoms with Crippen molar-refractivity contribution in [3.8, 4) is 11.1 Å². The molecule has 0 spiro atoms. The minimum absolute atomic E-state index is 0.206. The van der Waals surface area contributed by atoms with Gasteiger partial charge in [-0.25, -0.2) is 0 Å². The Hall–Kier alpha value is -1.87. The van der Waals surface area contributed by atoms with Gasteiger partial charge >= 0.3 is 0 Å². The molecular formula is C19H22N2O. The molecule has 114 valence electrons. The number of pyridine rings is 1. The predicted molar refractivity (Wildman–Crippen MR) is 89.4 cm³/mol. The second-order valence-corrected chi connectivity index (χ2v) is 7.12. The summed E-state index contributed by atoms with van der Waals surface area (Å²) in [6, 6.07) is 11.7. The van der Waals surface area contributed by atoms with Crippen molar-refractivity contribution in [3.63, 3.8) is 0 Å². The van der Waals surface area contributed by atoms with E-state index in [0.717, 1.165) is 25.5 Å². The van der Waals surface area contributed by atoms with Crippen LogP contribution in [-0.4, -0.2) is 30.8 Å². The second-order valence-electron chi connectivity index (χ2n) is 7.12. The summed E-state index contributed by atoms with van der Waals surface area (Å²) >= 11 is 0. The molecule has 2 aliphatic heterocycles. The molecule has 1 aromatic carbocycles. The van der Waals surface area contributed by atoms with Gasteiger partial charge in [-0.3, -0.25) is 4.98 Å². The number of hydrogen-bond donors (Lipinski definition) is 0. The Kier molecular flexibility index (Phi) is 3.01. The lowest BCUT2D eigenvalue weighted by atomic mass is 9.86. The van der Waals surface area contributed by atoms with Crippen molar-refractivity contribution in [2.24, 2.45) is 0 Å². The van der Waals surface area contributed by atoms with Crippen molar-refractivity contribution in [2.75, 3.05) is 24.7 Å². The van der Waals surface area contributed by atoms with E-state index in [1.807, 2.05) is 13.1 Å². The first-order valence-corrected chi connectivity index (χ1v) is 7.96. The first-order valence-electron chi connectivity index (χ1n) is 7.96. The molecule has 4 rings (SSSR count). The Morgan fingerprint density at radius 3 is 2.59 bits per heavy atom. The van der Waals surface area contributed by atoms with Crippen LogP contribution < -0.4 is 4.90 Å². The van der Waals surface area contributed by atoms with Crippen molar-refractivity contribution >= 4 is 5.69 Å². The van der Waals surface area contributed by atoms with Crippen LogP contribution in [0.2, 0.25) is 0 Å². The van der Waals surface area contributed by atoms with Crippen LogP contribution in [0.15, 0.2) is 36.5 Å². The molecule has 0 radical (unpaired) electrons. The monoisotopic (exact) mass is 294 g/mol. The van der Waals surface area contributed by atoms with E-state index in [9.17, 15) is 0 Å².